The Bertz CT molecular complexity index is 757. The Hall–Kier alpha value is -1.73. The number of rotatable bonds is 3. The summed E-state index contributed by atoms with van der Waals surface area (Å²) in [4.78, 5) is 10.8. The molecule has 1 fully saturated rings. The molecule has 0 spiro atoms. The molecule has 1 aromatic heterocycles. The van der Waals surface area contributed by atoms with Crippen LogP contribution in [0, 0.1) is 11.8 Å². The number of hydrogen-bond acceptors (Lipinski definition) is 5. The highest BCUT2D eigenvalue weighted by Gasteiger charge is 2.33. The van der Waals surface area contributed by atoms with Crippen LogP contribution in [0.25, 0.3) is 10.9 Å². The molecule has 0 bridgehead atoms. The maximum atomic E-state index is 11.3. The largest absolute Gasteiger partial charge is 0.355 e. The molecule has 6 nitrogen and oxygen atoms in total. The van der Waals surface area contributed by atoms with Gasteiger partial charge in [0.25, 0.3) is 0 Å². The monoisotopic (exact) mass is 306 g/mol. The van der Waals surface area contributed by atoms with Gasteiger partial charge in [0.2, 0.25) is 10.0 Å². The number of nitrogens with zero attached hydrogens (tertiary/aromatic N) is 3. The van der Waals surface area contributed by atoms with E-state index in [0.717, 1.165) is 23.3 Å². The van der Waals surface area contributed by atoms with Crippen LogP contribution in [-0.4, -0.2) is 37.2 Å². The lowest BCUT2D eigenvalue weighted by Gasteiger charge is -2.18. The second-order valence-corrected chi connectivity index (χ2v) is 7.35. The maximum absolute atomic E-state index is 11.3. The fraction of sp³-hybridized carbons (Fsp3) is 0.429. The number of benzene rings is 1. The molecule has 1 aliphatic heterocycles. The van der Waals surface area contributed by atoms with Crippen LogP contribution in [0.4, 0.5) is 5.82 Å². The summed E-state index contributed by atoms with van der Waals surface area (Å²) in [7, 11) is -3.45. The van der Waals surface area contributed by atoms with Crippen LogP contribution in [-0.2, 0) is 10.0 Å². The van der Waals surface area contributed by atoms with E-state index in [0.29, 0.717) is 6.54 Å². The van der Waals surface area contributed by atoms with Gasteiger partial charge in [0.1, 0.15) is 12.1 Å². The lowest BCUT2D eigenvalue weighted by Crippen LogP contribution is -2.27. The van der Waals surface area contributed by atoms with Crippen LogP contribution >= 0.6 is 0 Å². The molecule has 112 valence electrons. The van der Waals surface area contributed by atoms with Crippen molar-refractivity contribution in [2.45, 2.75) is 6.92 Å². The Kier molecular flexibility index (Phi) is 3.54. The van der Waals surface area contributed by atoms with Crippen LogP contribution in [0.1, 0.15) is 6.92 Å². The number of aromatic nitrogens is 2. The van der Waals surface area contributed by atoms with E-state index < -0.39 is 10.0 Å². The van der Waals surface area contributed by atoms with E-state index in [9.17, 15) is 8.42 Å². The first-order chi connectivity index (χ1) is 9.94. The van der Waals surface area contributed by atoms with Gasteiger partial charge in [0.15, 0.2) is 0 Å². The van der Waals surface area contributed by atoms with Crippen molar-refractivity contribution < 1.29 is 8.42 Å². The van der Waals surface area contributed by atoms with Crippen LogP contribution in [0.15, 0.2) is 30.6 Å². The molecule has 0 saturated carbocycles. The van der Waals surface area contributed by atoms with E-state index >= 15 is 0 Å². The average Bonchev–Trinajstić information content (AvgIpc) is 2.77. The molecule has 1 aromatic carbocycles. The fourth-order valence-electron chi connectivity index (χ4n) is 2.97. The minimum Gasteiger partial charge on any atom is -0.355 e. The number of sulfonamides is 1. The van der Waals surface area contributed by atoms with Crippen LogP contribution < -0.4 is 10.0 Å². The van der Waals surface area contributed by atoms with Gasteiger partial charge in [-0.3, -0.25) is 0 Å². The Balaban J connectivity index is 1.91. The van der Waals surface area contributed by atoms with Gasteiger partial charge in [-0.25, -0.2) is 23.5 Å². The maximum Gasteiger partial charge on any atom is 0.209 e. The van der Waals surface area contributed by atoms with Gasteiger partial charge in [-0.1, -0.05) is 19.1 Å². The molecule has 2 atom stereocenters. The number of fused-ring (bicyclic) bond motifs is 1. The van der Waals surface area contributed by atoms with Gasteiger partial charge in [-0.15, -0.1) is 0 Å². The molecular formula is C14H18N4O2S. The van der Waals surface area contributed by atoms with E-state index in [4.69, 9.17) is 5.14 Å². The summed E-state index contributed by atoms with van der Waals surface area (Å²) in [5.41, 5.74) is 0.894. The van der Waals surface area contributed by atoms with Crippen molar-refractivity contribution in [1.82, 2.24) is 9.97 Å². The highest BCUT2D eigenvalue weighted by molar-refractivity contribution is 7.89. The molecule has 0 aliphatic carbocycles. The smallest absolute Gasteiger partial charge is 0.209 e. The van der Waals surface area contributed by atoms with E-state index in [1.165, 1.54) is 0 Å². The van der Waals surface area contributed by atoms with Crippen LogP contribution in [0.2, 0.25) is 0 Å². The lowest BCUT2D eigenvalue weighted by molar-refractivity contribution is 0.486. The third-order valence-electron chi connectivity index (χ3n) is 4.04. The lowest BCUT2D eigenvalue weighted by atomic mass is 10.0. The third-order valence-corrected chi connectivity index (χ3v) is 4.93. The summed E-state index contributed by atoms with van der Waals surface area (Å²) in [5.74, 6) is 1.18. The standard InChI is InChI=1S/C14H18N4O2S/c1-10-6-18(7-11(10)8-21(15,19)20)14-12-4-2-3-5-13(12)16-9-17-14/h2-5,9-11H,6-8H2,1H3,(H2,15,19,20)/t10-,11+/m1/s1. The van der Waals surface area contributed by atoms with Gasteiger partial charge >= 0.3 is 0 Å². The van der Waals surface area contributed by atoms with E-state index in [1.807, 2.05) is 24.3 Å². The van der Waals surface area contributed by atoms with Crippen molar-refractivity contribution in [3.8, 4) is 0 Å². The number of anilines is 1. The summed E-state index contributed by atoms with van der Waals surface area (Å²) in [6, 6.07) is 7.83. The zero-order valence-electron chi connectivity index (χ0n) is 11.8. The number of para-hydroxylation sites is 1. The minimum atomic E-state index is -3.45. The Morgan fingerprint density at radius 2 is 2.05 bits per heavy atom. The van der Waals surface area contributed by atoms with E-state index in [1.54, 1.807) is 6.33 Å². The normalized spacial score (nSPS) is 22.9. The molecule has 1 aliphatic rings. The quantitative estimate of drug-likeness (QED) is 0.913. The molecule has 0 unspecified atom stereocenters. The van der Waals surface area contributed by atoms with Crippen molar-refractivity contribution in [2.24, 2.45) is 17.0 Å². The van der Waals surface area contributed by atoms with Crippen molar-refractivity contribution in [3.63, 3.8) is 0 Å². The molecule has 21 heavy (non-hydrogen) atoms. The second kappa shape index (κ2) is 5.23. The van der Waals surface area contributed by atoms with Crippen molar-refractivity contribution in [1.29, 1.82) is 0 Å². The van der Waals surface area contributed by atoms with Gasteiger partial charge in [0, 0.05) is 18.5 Å². The molecule has 2 N–H and O–H groups in total. The van der Waals surface area contributed by atoms with Crippen LogP contribution in [0.5, 0.6) is 0 Å². The minimum absolute atomic E-state index is 0.0215. The van der Waals surface area contributed by atoms with Gasteiger partial charge in [0.05, 0.1) is 11.3 Å². The highest BCUT2D eigenvalue weighted by atomic mass is 32.2. The number of nitrogens with two attached hydrogens (primary N) is 1. The first-order valence-corrected chi connectivity index (χ1v) is 8.61. The second-order valence-electron chi connectivity index (χ2n) is 5.69. The molecule has 7 heteroatoms. The van der Waals surface area contributed by atoms with Crippen molar-refractivity contribution >= 4 is 26.7 Å². The molecular weight excluding hydrogens is 288 g/mol. The third kappa shape index (κ3) is 2.98. The van der Waals surface area contributed by atoms with E-state index in [2.05, 4.69) is 21.8 Å². The Labute approximate surface area is 124 Å². The molecule has 0 radical (unpaired) electrons. The molecule has 1 saturated heterocycles. The van der Waals surface area contributed by atoms with Gasteiger partial charge < -0.3 is 4.90 Å². The molecule has 2 aromatic rings. The first kappa shape index (κ1) is 14.2. The SMILES string of the molecule is C[C@@H]1CN(c2ncnc3ccccc23)C[C@H]1CS(N)(=O)=O. The van der Waals surface area contributed by atoms with Crippen LogP contribution in [0.3, 0.4) is 0 Å². The summed E-state index contributed by atoms with van der Waals surface area (Å²) in [5, 5.41) is 6.17. The molecule has 3 rings (SSSR count). The predicted molar refractivity (Wildman–Crippen MR) is 82.4 cm³/mol. The van der Waals surface area contributed by atoms with Gasteiger partial charge in [-0.2, -0.15) is 0 Å². The highest BCUT2D eigenvalue weighted by Crippen LogP contribution is 2.31. The zero-order valence-corrected chi connectivity index (χ0v) is 12.6. The topological polar surface area (TPSA) is 89.2 Å². The Morgan fingerprint density at radius 1 is 1.29 bits per heavy atom. The Morgan fingerprint density at radius 3 is 2.81 bits per heavy atom. The predicted octanol–water partition coefficient (Wildman–Crippen LogP) is 0.991. The summed E-state index contributed by atoms with van der Waals surface area (Å²) < 4.78 is 22.6. The van der Waals surface area contributed by atoms with Crippen molar-refractivity contribution in [2.75, 3.05) is 23.7 Å². The number of hydrogen-bond donors (Lipinski definition) is 1. The van der Waals surface area contributed by atoms with Gasteiger partial charge in [-0.05, 0) is 24.0 Å². The van der Waals surface area contributed by atoms with E-state index in [-0.39, 0.29) is 17.6 Å². The fourth-order valence-corrected chi connectivity index (χ4v) is 4.00. The zero-order chi connectivity index (χ0) is 15.0. The summed E-state index contributed by atoms with van der Waals surface area (Å²) in [6.07, 6.45) is 1.55. The summed E-state index contributed by atoms with van der Waals surface area (Å²) >= 11 is 0. The van der Waals surface area contributed by atoms with Crippen molar-refractivity contribution in [3.05, 3.63) is 30.6 Å². The average molecular weight is 306 g/mol. The molecule has 2 heterocycles. The first-order valence-electron chi connectivity index (χ1n) is 6.89. The molecule has 0 amide bonds. The summed E-state index contributed by atoms with van der Waals surface area (Å²) in [6.45, 7) is 3.49. The number of primary sulfonamides is 1.